The van der Waals surface area contributed by atoms with Crippen LogP contribution < -0.4 is 5.32 Å². The van der Waals surface area contributed by atoms with E-state index in [2.05, 4.69) is 5.32 Å². The molecular weight excluding hydrogens is 287 g/mol. The number of carbonyl (C=O) groups is 1. The van der Waals surface area contributed by atoms with E-state index in [0.717, 1.165) is 18.6 Å². The lowest BCUT2D eigenvalue weighted by Crippen LogP contribution is -2.31. The Morgan fingerprint density at radius 3 is 2.76 bits per heavy atom. The van der Waals surface area contributed by atoms with E-state index in [0.29, 0.717) is 6.61 Å². The van der Waals surface area contributed by atoms with Gasteiger partial charge in [0.15, 0.2) is 0 Å². The van der Waals surface area contributed by atoms with E-state index in [1.165, 1.54) is 12.1 Å². The number of benzene rings is 1. The van der Waals surface area contributed by atoms with Crippen molar-refractivity contribution in [2.45, 2.75) is 25.6 Å². The minimum absolute atomic E-state index is 0.0969. The highest BCUT2D eigenvalue weighted by atomic mass is 19.4. The Morgan fingerprint density at radius 2 is 2.14 bits per heavy atom. The Bertz CT molecular complexity index is 463. The fourth-order valence-corrected chi connectivity index (χ4v) is 1.61. The first-order valence-corrected chi connectivity index (χ1v) is 6.54. The standard InChI is InChI=1S/C14H18F3NO3/c1-2-6-21-9-13(20)18-8-12(19)10-4-3-5-11(7-10)14(15,16)17/h3-5,7,12,19H,2,6,8-9H2,1H3,(H,18,20). The summed E-state index contributed by atoms with van der Waals surface area (Å²) in [5.74, 6) is -0.422. The largest absolute Gasteiger partial charge is 0.416 e. The van der Waals surface area contributed by atoms with Gasteiger partial charge in [0.25, 0.3) is 0 Å². The third-order valence-corrected chi connectivity index (χ3v) is 2.67. The zero-order valence-electron chi connectivity index (χ0n) is 11.6. The van der Waals surface area contributed by atoms with E-state index in [1.54, 1.807) is 0 Å². The van der Waals surface area contributed by atoms with Gasteiger partial charge in [0, 0.05) is 13.2 Å². The van der Waals surface area contributed by atoms with Gasteiger partial charge in [-0.2, -0.15) is 13.2 Å². The van der Waals surface area contributed by atoms with Crippen molar-refractivity contribution < 1.29 is 27.8 Å². The van der Waals surface area contributed by atoms with Crippen LogP contribution in [0.1, 0.15) is 30.6 Å². The maximum atomic E-state index is 12.6. The van der Waals surface area contributed by atoms with Crippen LogP contribution in [-0.4, -0.2) is 30.8 Å². The number of hydrogen-bond acceptors (Lipinski definition) is 3. The average molecular weight is 305 g/mol. The van der Waals surface area contributed by atoms with Crippen LogP contribution in [-0.2, 0) is 15.7 Å². The number of ether oxygens (including phenoxy) is 1. The zero-order valence-corrected chi connectivity index (χ0v) is 11.6. The summed E-state index contributed by atoms with van der Waals surface area (Å²) < 4.78 is 42.7. The maximum absolute atomic E-state index is 12.6. The Labute approximate surface area is 120 Å². The lowest BCUT2D eigenvalue weighted by atomic mass is 10.1. The number of hydrogen-bond donors (Lipinski definition) is 2. The van der Waals surface area contributed by atoms with E-state index in [-0.39, 0.29) is 18.7 Å². The fraction of sp³-hybridized carbons (Fsp3) is 0.500. The highest BCUT2D eigenvalue weighted by Crippen LogP contribution is 2.30. The van der Waals surface area contributed by atoms with Crippen LogP contribution in [0.15, 0.2) is 24.3 Å². The SMILES string of the molecule is CCCOCC(=O)NCC(O)c1cccc(C(F)(F)F)c1. The van der Waals surface area contributed by atoms with Gasteiger partial charge < -0.3 is 15.2 Å². The molecule has 0 fully saturated rings. The first-order valence-electron chi connectivity index (χ1n) is 6.54. The number of carbonyl (C=O) groups excluding carboxylic acids is 1. The third kappa shape index (κ3) is 6.14. The molecule has 0 saturated carbocycles. The summed E-state index contributed by atoms with van der Waals surface area (Å²) in [5, 5.41) is 12.2. The fourth-order valence-electron chi connectivity index (χ4n) is 1.61. The lowest BCUT2D eigenvalue weighted by Gasteiger charge is -2.14. The minimum Gasteiger partial charge on any atom is -0.387 e. The number of alkyl halides is 3. The molecule has 118 valence electrons. The summed E-state index contributed by atoms with van der Waals surface area (Å²) in [6.45, 7) is 2.04. The van der Waals surface area contributed by atoms with Crippen LogP contribution in [0.4, 0.5) is 13.2 Å². The van der Waals surface area contributed by atoms with E-state index in [9.17, 15) is 23.1 Å². The highest BCUT2D eigenvalue weighted by Gasteiger charge is 2.30. The van der Waals surface area contributed by atoms with Gasteiger partial charge in [0.2, 0.25) is 5.91 Å². The number of amides is 1. The molecule has 1 amide bonds. The molecule has 1 unspecified atom stereocenters. The van der Waals surface area contributed by atoms with Crippen molar-refractivity contribution in [3.05, 3.63) is 35.4 Å². The van der Waals surface area contributed by atoms with Crippen LogP contribution >= 0.6 is 0 Å². The molecule has 0 radical (unpaired) electrons. The molecular formula is C14H18F3NO3. The van der Waals surface area contributed by atoms with Crippen molar-refractivity contribution in [3.63, 3.8) is 0 Å². The summed E-state index contributed by atoms with van der Waals surface area (Å²) in [6.07, 6.45) is -4.89. The second-order valence-corrected chi connectivity index (χ2v) is 4.50. The summed E-state index contributed by atoms with van der Waals surface area (Å²) >= 11 is 0. The number of halogens is 3. The number of aliphatic hydroxyl groups excluding tert-OH is 1. The van der Waals surface area contributed by atoms with Gasteiger partial charge in [-0.15, -0.1) is 0 Å². The molecule has 0 spiro atoms. The van der Waals surface area contributed by atoms with Crippen molar-refractivity contribution in [3.8, 4) is 0 Å². The Balaban J connectivity index is 2.52. The highest BCUT2D eigenvalue weighted by molar-refractivity contribution is 5.77. The normalized spacial score (nSPS) is 13.0. The summed E-state index contributed by atoms with van der Waals surface area (Å²) in [7, 11) is 0. The second kappa shape index (κ2) is 7.99. The summed E-state index contributed by atoms with van der Waals surface area (Å²) in [6, 6.07) is 4.38. The monoisotopic (exact) mass is 305 g/mol. The zero-order chi connectivity index (χ0) is 15.9. The molecule has 0 heterocycles. The first-order chi connectivity index (χ1) is 9.84. The quantitative estimate of drug-likeness (QED) is 0.760. The number of rotatable bonds is 7. The van der Waals surface area contributed by atoms with Crippen LogP contribution in [0.2, 0.25) is 0 Å². The minimum atomic E-state index is -4.47. The van der Waals surface area contributed by atoms with Crippen molar-refractivity contribution >= 4 is 5.91 Å². The molecule has 7 heteroatoms. The molecule has 0 aliphatic carbocycles. The van der Waals surface area contributed by atoms with Crippen molar-refractivity contribution in [2.75, 3.05) is 19.8 Å². The van der Waals surface area contributed by atoms with E-state index >= 15 is 0 Å². The van der Waals surface area contributed by atoms with Gasteiger partial charge in [-0.25, -0.2) is 0 Å². The number of aliphatic hydroxyl groups is 1. The van der Waals surface area contributed by atoms with Gasteiger partial charge in [-0.05, 0) is 24.1 Å². The van der Waals surface area contributed by atoms with Crippen LogP contribution in [0.25, 0.3) is 0 Å². The van der Waals surface area contributed by atoms with E-state index in [4.69, 9.17) is 4.74 Å². The van der Waals surface area contributed by atoms with Crippen LogP contribution in [0.3, 0.4) is 0 Å². The summed E-state index contributed by atoms with van der Waals surface area (Å²) in [4.78, 5) is 11.4. The van der Waals surface area contributed by atoms with Gasteiger partial charge in [-0.1, -0.05) is 19.1 Å². The average Bonchev–Trinajstić information content (AvgIpc) is 2.44. The molecule has 0 aliphatic heterocycles. The molecule has 0 bridgehead atoms. The van der Waals surface area contributed by atoms with Crippen molar-refractivity contribution in [2.24, 2.45) is 0 Å². The molecule has 2 N–H and O–H groups in total. The molecule has 1 aromatic rings. The number of nitrogens with one attached hydrogen (secondary N) is 1. The van der Waals surface area contributed by atoms with Gasteiger partial charge >= 0.3 is 6.18 Å². The summed E-state index contributed by atoms with van der Waals surface area (Å²) in [5.41, 5.74) is -0.740. The maximum Gasteiger partial charge on any atom is 0.416 e. The van der Waals surface area contributed by atoms with Crippen LogP contribution in [0, 0.1) is 0 Å². The predicted molar refractivity (Wildman–Crippen MR) is 70.5 cm³/mol. The van der Waals surface area contributed by atoms with Crippen molar-refractivity contribution in [1.29, 1.82) is 0 Å². The first kappa shape index (κ1) is 17.5. The molecule has 1 aromatic carbocycles. The third-order valence-electron chi connectivity index (χ3n) is 2.67. The van der Waals surface area contributed by atoms with Gasteiger partial charge in [0.05, 0.1) is 11.7 Å². The van der Waals surface area contributed by atoms with E-state index in [1.807, 2.05) is 6.92 Å². The molecule has 21 heavy (non-hydrogen) atoms. The predicted octanol–water partition coefficient (Wildman–Crippen LogP) is 2.28. The van der Waals surface area contributed by atoms with Gasteiger partial charge in [-0.3, -0.25) is 4.79 Å². The molecule has 0 aromatic heterocycles. The lowest BCUT2D eigenvalue weighted by molar-refractivity contribution is -0.137. The molecule has 4 nitrogen and oxygen atoms in total. The van der Waals surface area contributed by atoms with Crippen molar-refractivity contribution in [1.82, 2.24) is 5.32 Å². The van der Waals surface area contributed by atoms with Gasteiger partial charge in [0.1, 0.15) is 6.61 Å². The topological polar surface area (TPSA) is 58.6 Å². The molecule has 0 saturated heterocycles. The van der Waals surface area contributed by atoms with Crippen LogP contribution in [0.5, 0.6) is 0 Å². The Hall–Kier alpha value is -1.60. The Morgan fingerprint density at radius 1 is 1.43 bits per heavy atom. The van der Waals surface area contributed by atoms with E-state index < -0.39 is 23.8 Å². The second-order valence-electron chi connectivity index (χ2n) is 4.50. The smallest absolute Gasteiger partial charge is 0.387 e. The molecule has 1 rings (SSSR count). The molecule has 0 aliphatic rings. The molecule has 1 atom stereocenters. The Kier molecular flexibility index (Phi) is 6.64.